The van der Waals surface area contributed by atoms with Crippen LogP contribution in [0, 0.1) is 0 Å². The molecule has 4 heteroatoms. The number of guanidine groups is 1. The van der Waals surface area contributed by atoms with Crippen LogP contribution in [0.3, 0.4) is 0 Å². The summed E-state index contributed by atoms with van der Waals surface area (Å²) in [5.41, 5.74) is 0. The lowest BCUT2D eigenvalue weighted by molar-refractivity contribution is 0.370. The Morgan fingerprint density at radius 2 is 1.78 bits per heavy atom. The molecular weight excluding hydrogens is 242 g/mol. The maximum atomic E-state index is 4.36. The highest BCUT2D eigenvalue weighted by molar-refractivity contribution is 7.99. The molecule has 104 valence electrons. The third kappa shape index (κ3) is 4.08. The number of hydrogen-bond acceptors (Lipinski definition) is 2. The second kappa shape index (κ2) is 7.27. The molecule has 0 spiro atoms. The molecule has 0 aliphatic heterocycles. The van der Waals surface area contributed by atoms with Crippen molar-refractivity contribution in [2.75, 3.05) is 12.8 Å². The zero-order valence-corrected chi connectivity index (χ0v) is 12.6. The lowest BCUT2D eigenvalue weighted by Crippen LogP contribution is -2.50. The fraction of sp³-hybridized carbons (Fsp3) is 0.929. The minimum atomic E-state index is 0.620. The first kappa shape index (κ1) is 14.0. The molecule has 0 aromatic heterocycles. The van der Waals surface area contributed by atoms with Crippen LogP contribution < -0.4 is 10.6 Å². The van der Waals surface area contributed by atoms with Crippen LogP contribution in [0.5, 0.6) is 0 Å². The van der Waals surface area contributed by atoms with Crippen LogP contribution >= 0.6 is 11.8 Å². The summed E-state index contributed by atoms with van der Waals surface area (Å²) in [6, 6.07) is 1.29. The van der Waals surface area contributed by atoms with Gasteiger partial charge >= 0.3 is 0 Å². The Bertz CT molecular complexity index is 274. The van der Waals surface area contributed by atoms with Crippen LogP contribution in [0.25, 0.3) is 0 Å². The van der Waals surface area contributed by atoms with Gasteiger partial charge < -0.3 is 10.6 Å². The minimum Gasteiger partial charge on any atom is -0.354 e. The van der Waals surface area contributed by atoms with Crippen molar-refractivity contribution in [1.82, 2.24) is 10.6 Å². The van der Waals surface area contributed by atoms with Crippen LogP contribution in [0.4, 0.5) is 0 Å². The van der Waals surface area contributed by atoms with Crippen molar-refractivity contribution >= 4 is 17.7 Å². The maximum Gasteiger partial charge on any atom is 0.191 e. The monoisotopic (exact) mass is 269 g/mol. The number of rotatable bonds is 4. The summed E-state index contributed by atoms with van der Waals surface area (Å²) in [6.07, 6.45) is 9.32. The molecule has 2 atom stereocenters. The smallest absolute Gasteiger partial charge is 0.191 e. The van der Waals surface area contributed by atoms with Gasteiger partial charge in [-0.15, -0.1) is 0 Å². The molecule has 0 amide bonds. The third-order valence-corrected chi connectivity index (χ3v) is 5.27. The highest BCUT2D eigenvalue weighted by Gasteiger charge is 2.24. The topological polar surface area (TPSA) is 36.4 Å². The van der Waals surface area contributed by atoms with Gasteiger partial charge in [0.05, 0.1) is 0 Å². The molecule has 2 rings (SSSR count). The van der Waals surface area contributed by atoms with Crippen molar-refractivity contribution < 1.29 is 0 Å². The van der Waals surface area contributed by atoms with Gasteiger partial charge in [-0.25, -0.2) is 0 Å². The van der Waals surface area contributed by atoms with Gasteiger partial charge in [0, 0.05) is 24.4 Å². The van der Waals surface area contributed by atoms with Crippen molar-refractivity contribution in [3.8, 4) is 0 Å². The van der Waals surface area contributed by atoms with Crippen LogP contribution in [0.15, 0.2) is 4.99 Å². The lowest BCUT2D eigenvalue weighted by atomic mass is 9.93. The fourth-order valence-electron chi connectivity index (χ4n) is 2.77. The Labute approximate surface area is 116 Å². The van der Waals surface area contributed by atoms with E-state index in [1.165, 1.54) is 50.7 Å². The molecule has 0 heterocycles. The second-order valence-electron chi connectivity index (χ2n) is 5.43. The molecule has 18 heavy (non-hydrogen) atoms. The van der Waals surface area contributed by atoms with E-state index in [1.807, 2.05) is 7.05 Å². The van der Waals surface area contributed by atoms with Crippen molar-refractivity contribution in [1.29, 1.82) is 0 Å². The fourth-order valence-corrected chi connectivity index (χ4v) is 3.95. The summed E-state index contributed by atoms with van der Waals surface area (Å²) in [5, 5.41) is 8.00. The highest BCUT2D eigenvalue weighted by Crippen LogP contribution is 2.28. The summed E-state index contributed by atoms with van der Waals surface area (Å²) >= 11 is 2.12. The van der Waals surface area contributed by atoms with Crippen molar-refractivity contribution in [3.05, 3.63) is 0 Å². The van der Waals surface area contributed by atoms with Gasteiger partial charge in [0.25, 0.3) is 0 Å². The summed E-state index contributed by atoms with van der Waals surface area (Å²) in [4.78, 5) is 4.36. The first-order valence-corrected chi connectivity index (χ1v) is 8.48. The number of thioether (sulfide) groups is 1. The molecule has 3 nitrogen and oxygen atoms in total. The molecule has 0 aromatic rings. The molecule has 2 aliphatic carbocycles. The van der Waals surface area contributed by atoms with E-state index in [0.29, 0.717) is 12.1 Å². The van der Waals surface area contributed by atoms with Crippen molar-refractivity contribution in [2.24, 2.45) is 4.99 Å². The summed E-state index contributed by atoms with van der Waals surface area (Å²) < 4.78 is 0. The molecule has 2 fully saturated rings. The number of aliphatic imine (C=N–C) groups is 1. The zero-order chi connectivity index (χ0) is 12.8. The van der Waals surface area contributed by atoms with Crippen LogP contribution in [-0.4, -0.2) is 36.1 Å². The molecule has 0 bridgehead atoms. The Kier molecular flexibility index (Phi) is 5.67. The molecule has 2 aliphatic rings. The SMILES string of the molecule is CCSC1CCCC(NC(=NC)NC2CCC2)C1. The highest BCUT2D eigenvalue weighted by atomic mass is 32.2. The molecule has 0 radical (unpaired) electrons. The van der Waals surface area contributed by atoms with Gasteiger partial charge in [0.15, 0.2) is 5.96 Å². The van der Waals surface area contributed by atoms with E-state index in [1.54, 1.807) is 0 Å². The zero-order valence-electron chi connectivity index (χ0n) is 11.7. The Morgan fingerprint density at radius 3 is 2.39 bits per heavy atom. The minimum absolute atomic E-state index is 0.620. The maximum absolute atomic E-state index is 4.36. The van der Waals surface area contributed by atoms with Gasteiger partial charge in [-0.3, -0.25) is 4.99 Å². The van der Waals surface area contributed by atoms with E-state index in [4.69, 9.17) is 0 Å². The number of nitrogens with one attached hydrogen (secondary N) is 2. The normalized spacial score (nSPS) is 29.8. The quantitative estimate of drug-likeness (QED) is 0.608. The van der Waals surface area contributed by atoms with Crippen LogP contribution in [0.2, 0.25) is 0 Å². The van der Waals surface area contributed by atoms with E-state index >= 15 is 0 Å². The molecular formula is C14H27N3S. The van der Waals surface area contributed by atoms with Gasteiger partial charge in [0.2, 0.25) is 0 Å². The van der Waals surface area contributed by atoms with E-state index in [0.717, 1.165) is 11.2 Å². The Morgan fingerprint density at radius 1 is 1.11 bits per heavy atom. The predicted molar refractivity (Wildman–Crippen MR) is 81.4 cm³/mol. The standard InChI is InChI=1S/C14H27N3S/c1-3-18-13-9-5-8-12(10-13)17-14(15-2)16-11-6-4-7-11/h11-13H,3-10H2,1-2H3,(H2,15,16,17). The van der Waals surface area contributed by atoms with E-state index < -0.39 is 0 Å². The number of hydrogen-bond donors (Lipinski definition) is 2. The van der Waals surface area contributed by atoms with Crippen molar-refractivity contribution in [3.63, 3.8) is 0 Å². The van der Waals surface area contributed by atoms with Gasteiger partial charge in [-0.1, -0.05) is 13.3 Å². The van der Waals surface area contributed by atoms with Gasteiger partial charge in [-0.2, -0.15) is 11.8 Å². The van der Waals surface area contributed by atoms with Crippen LogP contribution in [0.1, 0.15) is 51.9 Å². The Balaban J connectivity index is 1.75. The second-order valence-corrected chi connectivity index (χ2v) is 7.01. The first-order chi connectivity index (χ1) is 8.81. The van der Waals surface area contributed by atoms with E-state index in [2.05, 4.69) is 34.3 Å². The summed E-state index contributed by atoms with van der Waals surface area (Å²) in [5.74, 6) is 2.26. The van der Waals surface area contributed by atoms with Crippen LogP contribution in [-0.2, 0) is 0 Å². The summed E-state index contributed by atoms with van der Waals surface area (Å²) in [6.45, 7) is 2.26. The average molecular weight is 269 g/mol. The van der Waals surface area contributed by atoms with E-state index in [-0.39, 0.29) is 0 Å². The van der Waals surface area contributed by atoms with Gasteiger partial charge in [0.1, 0.15) is 0 Å². The summed E-state index contributed by atoms with van der Waals surface area (Å²) in [7, 11) is 1.88. The number of nitrogens with zero attached hydrogens (tertiary/aromatic N) is 1. The molecule has 2 unspecified atom stereocenters. The first-order valence-electron chi connectivity index (χ1n) is 7.43. The van der Waals surface area contributed by atoms with E-state index in [9.17, 15) is 0 Å². The largest absolute Gasteiger partial charge is 0.354 e. The average Bonchev–Trinajstić information content (AvgIpc) is 2.33. The predicted octanol–water partition coefficient (Wildman–Crippen LogP) is 2.77. The third-order valence-electron chi connectivity index (χ3n) is 4.04. The van der Waals surface area contributed by atoms with Crippen molar-refractivity contribution in [2.45, 2.75) is 69.2 Å². The Hall–Kier alpha value is -0.380. The molecule has 0 aromatic carbocycles. The lowest BCUT2D eigenvalue weighted by Gasteiger charge is -2.33. The van der Waals surface area contributed by atoms with Gasteiger partial charge in [-0.05, 0) is 44.3 Å². The molecule has 2 saturated carbocycles. The molecule has 2 N–H and O–H groups in total. The molecule has 0 saturated heterocycles.